The Balaban J connectivity index is 1.62. The molecular weight excluding hydrogens is 443 g/mol. The zero-order valence-electron chi connectivity index (χ0n) is 14.4. The van der Waals surface area contributed by atoms with Crippen LogP contribution in [0.1, 0.15) is 29.6 Å². The van der Waals surface area contributed by atoms with Crippen LogP contribution in [0.15, 0.2) is 48.5 Å². The molecule has 1 aliphatic heterocycles. The fourth-order valence-electron chi connectivity index (χ4n) is 2.91. The van der Waals surface area contributed by atoms with E-state index in [1.165, 1.54) is 0 Å². The van der Waals surface area contributed by atoms with Crippen molar-refractivity contribution >= 4 is 40.1 Å². The molecular formula is C20H21IN2O3. The van der Waals surface area contributed by atoms with E-state index in [9.17, 15) is 9.59 Å². The molecule has 0 aliphatic carbocycles. The average molecular weight is 464 g/mol. The van der Waals surface area contributed by atoms with Crippen LogP contribution >= 0.6 is 22.6 Å². The number of hydrogen-bond donors (Lipinski definition) is 1. The lowest BCUT2D eigenvalue weighted by molar-refractivity contribution is -0.118. The number of rotatable bonds is 5. The van der Waals surface area contributed by atoms with Crippen LogP contribution in [0.4, 0.5) is 5.69 Å². The van der Waals surface area contributed by atoms with Crippen LogP contribution in [0.5, 0.6) is 5.75 Å². The second kappa shape index (κ2) is 9.02. The van der Waals surface area contributed by atoms with E-state index in [1.54, 1.807) is 12.1 Å². The van der Waals surface area contributed by atoms with Gasteiger partial charge in [-0.3, -0.25) is 9.59 Å². The first-order valence-corrected chi connectivity index (χ1v) is 9.78. The highest BCUT2D eigenvalue weighted by atomic mass is 127. The molecule has 1 aliphatic rings. The summed E-state index contributed by atoms with van der Waals surface area (Å²) in [5.41, 5.74) is 1.05. The zero-order chi connectivity index (χ0) is 18.4. The minimum Gasteiger partial charge on any atom is -0.484 e. The van der Waals surface area contributed by atoms with Crippen LogP contribution in [0.3, 0.4) is 0 Å². The van der Waals surface area contributed by atoms with Gasteiger partial charge in [-0.25, -0.2) is 0 Å². The topological polar surface area (TPSA) is 58.6 Å². The monoisotopic (exact) mass is 464 g/mol. The quantitative estimate of drug-likeness (QED) is 0.683. The maximum Gasteiger partial charge on any atom is 0.262 e. The number of anilines is 1. The minimum atomic E-state index is -0.289. The third-order valence-electron chi connectivity index (χ3n) is 4.26. The molecule has 2 aromatic carbocycles. The normalized spacial score (nSPS) is 14.0. The van der Waals surface area contributed by atoms with Gasteiger partial charge in [-0.05, 0) is 78.3 Å². The van der Waals surface area contributed by atoms with Gasteiger partial charge in [0.05, 0.1) is 11.3 Å². The number of nitrogens with zero attached hydrogens (tertiary/aromatic N) is 1. The molecule has 0 saturated carbocycles. The van der Waals surface area contributed by atoms with Crippen molar-refractivity contribution in [2.24, 2.45) is 0 Å². The predicted molar refractivity (Wildman–Crippen MR) is 109 cm³/mol. The Morgan fingerprint density at radius 1 is 1.00 bits per heavy atom. The maximum absolute atomic E-state index is 12.8. The van der Waals surface area contributed by atoms with E-state index in [1.807, 2.05) is 41.3 Å². The van der Waals surface area contributed by atoms with Crippen molar-refractivity contribution in [2.45, 2.75) is 19.3 Å². The van der Waals surface area contributed by atoms with Gasteiger partial charge >= 0.3 is 0 Å². The van der Waals surface area contributed by atoms with Crippen LogP contribution in [-0.2, 0) is 4.79 Å². The number of para-hydroxylation sites is 1. The van der Waals surface area contributed by atoms with E-state index in [0.29, 0.717) is 17.0 Å². The number of halogens is 1. The van der Waals surface area contributed by atoms with Crippen LogP contribution in [-0.4, -0.2) is 36.4 Å². The predicted octanol–water partition coefficient (Wildman–Crippen LogP) is 3.93. The molecule has 1 saturated heterocycles. The van der Waals surface area contributed by atoms with E-state index in [4.69, 9.17) is 4.74 Å². The van der Waals surface area contributed by atoms with E-state index < -0.39 is 0 Å². The maximum atomic E-state index is 12.8. The minimum absolute atomic E-state index is 0.0286. The molecule has 0 unspecified atom stereocenters. The summed E-state index contributed by atoms with van der Waals surface area (Å²) in [5, 5.41) is 2.80. The zero-order valence-corrected chi connectivity index (χ0v) is 16.6. The van der Waals surface area contributed by atoms with E-state index in [-0.39, 0.29) is 18.4 Å². The molecule has 5 nitrogen and oxygen atoms in total. The van der Waals surface area contributed by atoms with Crippen LogP contribution < -0.4 is 10.1 Å². The Kier molecular flexibility index (Phi) is 6.49. The third-order valence-corrected chi connectivity index (χ3v) is 4.98. The summed E-state index contributed by atoms with van der Waals surface area (Å²) >= 11 is 2.21. The molecule has 136 valence electrons. The van der Waals surface area contributed by atoms with Gasteiger partial charge in [0.1, 0.15) is 5.75 Å². The lowest BCUT2D eigenvalue weighted by atomic mass is 10.1. The fraction of sp³-hybridized carbons (Fsp3) is 0.300. The molecule has 0 spiro atoms. The van der Waals surface area contributed by atoms with Crippen LogP contribution in [0, 0.1) is 3.57 Å². The number of likely N-dealkylation sites (tertiary alicyclic amines) is 1. The lowest BCUT2D eigenvalue weighted by Gasteiger charge is -2.27. The second-order valence-electron chi connectivity index (χ2n) is 6.19. The van der Waals surface area contributed by atoms with Gasteiger partial charge in [0.2, 0.25) is 0 Å². The Bertz CT molecular complexity index is 771. The van der Waals surface area contributed by atoms with E-state index in [2.05, 4.69) is 27.9 Å². The van der Waals surface area contributed by atoms with Crippen LogP contribution in [0.2, 0.25) is 0 Å². The largest absolute Gasteiger partial charge is 0.484 e. The summed E-state index contributed by atoms with van der Waals surface area (Å²) in [6.07, 6.45) is 3.23. The van der Waals surface area contributed by atoms with Crippen molar-refractivity contribution in [1.29, 1.82) is 0 Å². The highest BCUT2D eigenvalue weighted by Crippen LogP contribution is 2.20. The number of carbonyl (C=O) groups is 2. The van der Waals surface area contributed by atoms with E-state index >= 15 is 0 Å². The Hall–Kier alpha value is -2.09. The Morgan fingerprint density at radius 2 is 1.69 bits per heavy atom. The molecule has 3 rings (SSSR count). The second-order valence-corrected chi connectivity index (χ2v) is 7.43. The third kappa shape index (κ3) is 4.97. The first-order chi connectivity index (χ1) is 12.6. The van der Waals surface area contributed by atoms with Gasteiger partial charge < -0.3 is 15.0 Å². The molecule has 2 amide bonds. The van der Waals surface area contributed by atoms with Gasteiger partial charge in [0.15, 0.2) is 6.61 Å². The number of ether oxygens (including phenoxy) is 1. The summed E-state index contributed by atoms with van der Waals surface area (Å²) in [6, 6.07) is 14.6. The van der Waals surface area contributed by atoms with Crippen molar-refractivity contribution in [2.75, 3.05) is 25.0 Å². The van der Waals surface area contributed by atoms with Gasteiger partial charge in [0.25, 0.3) is 11.8 Å². The fourth-order valence-corrected chi connectivity index (χ4v) is 3.27. The molecule has 1 fully saturated rings. The molecule has 2 aromatic rings. The van der Waals surface area contributed by atoms with Crippen molar-refractivity contribution in [3.8, 4) is 5.75 Å². The highest BCUT2D eigenvalue weighted by Gasteiger charge is 2.21. The first kappa shape index (κ1) is 18.7. The molecule has 26 heavy (non-hydrogen) atoms. The summed E-state index contributed by atoms with van der Waals surface area (Å²) in [4.78, 5) is 26.9. The van der Waals surface area contributed by atoms with Crippen molar-refractivity contribution in [3.05, 3.63) is 57.7 Å². The number of piperidine rings is 1. The molecule has 0 atom stereocenters. The molecule has 0 radical (unpaired) electrons. The smallest absolute Gasteiger partial charge is 0.262 e. The van der Waals surface area contributed by atoms with Crippen molar-refractivity contribution in [3.63, 3.8) is 0 Å². The summed E-state index contributed by atoms with van der Waals surface area (Å²) in [7, 11) is 0. The number of carbonyl (C=O) groups excluding carboxylic acids is 2. The van der Waals surface area contributed by atoms with Gasteiger partial charge in [0, 0.05) is 16.7 Å². The summed E-state index contributed by atoms with van der Waals surface area (Å²) in [5.74, 6) is 0.319. The Morgan fingerprint density at radius 3 is 2.42 bits per heavy atom. The number of hydrogen-bond acceptors (Lipinski definition) is 3. The average Bonchev–Trinajstić information content (AvgIpc) is 2.68. The number of benzene rings is 2. The lowest BCUT2D eigenvalue weighted by Crippen LogP contribution is -2.36. The van der Waals surface area contributed by atoms with Crippen molar-refractivity contribution in [1.82, 2.24) is 4.90 Å². The Labute approximate surface area is 166 Å². The van der Waals surface area contributed by atoms with Gasteiger partial charge in [-0.2, -0.15) is 0 Å². The standard InChI is InChI=1S/C20H21IN2O3/c21-15-8-10-16(11-9-15)26-14-19(24)22-18-7-3-2-6-17(18)20(25)23-12-4-1-5-13-23/h2-3,6-11H,1,4-5,12-14H2,(H,22,24). The molecule has 1 N–H and O–H groups in total. The number of amides is 2. The highest BCUT2D eigenvalue weighted by molar-refractivity contribution is 14.1. The SMILES string of the molecule is O=C(COc1ccc(I)cc1)Nc1ccccc1C(=O)N1CCCCC1. The summed E-state index contributed by atoms with van der Waals surface area (Å²) in [6.45, 7) is 1.45. The van der Waals surface area contributed by atoms with Crippen LogP contribution in [0.25, 0.3) is 0 Å². The van der Waals surface area contributed by atoms with Crippen molar-refractivity contribution < 1.29 is 14.3 Å². The molecule has 0 bridgehead atoms. The first-order valence-electron chi connectivity index (χ1n) is 8.70. The summed E-state index contributed by atoms with van der Waals surface area (Å²) < 4.78 is 6.60. The molecule has 1 heterocycles. The number of nitrogens with one attached hydrogen (secondary N) is 1. The van der Waals surface area contributed by atoms with Gasteiger partial charge in [-0.15, -0.1) is 0 Å². The molecule has 6 heteroatoms. The van der Waals surface area contributed by atoms with Gasteiger partial charge in [-0.1, -0.05) is 12.1 Å². The molecule has 0 aromatic heterocycles. The van der Waals surface area contributed by atoms with E-state index in [0.717, 1.165) is 35.9 Å².